The fourth-order valence-corrected chi connectivity index (χ4v) is 5.44. The van der Waals surface area contributed by atoms with E-state index in [1.165, 1.54) is 21.3 Å². The number of rotatable bonds is 3. The fraction of sp³-hybridized carbons (Fsp3) is 0.364. The van der Waals surface area contributed by atoms with E-state index in [-0.39, 0.29) is 48.5 Å². The molecule has 32 heavy (non-hydrogen) atoms. The monoisotopic (exact) mass is 461 g/mol. The predicted molar refractivity (Wildman–Crippen MR) is 116 cm³/mol. The van der Waals surface area contributed by atoms with E-state index in [0.29, 0.717) is 22.6 Å². The maximum absolute atomic E-state index is 13.8. The molecule has 0 bridgehead atoms. The molecule has 0 spiro atoms. The van der Waals surface area contributed by atoms with Crippen molar-refractivity contribution in [3.63, 3.8) is 0 Å². The molecule has 2 heterocycles. The molecule has 0 aromatic heterocycles. The molecule has 0 unspecified atom stereocenters. The number of ether oxygens (including phenoxy) is 1. The Balaban J connectivity index is 1.51. The zero-order chi connectivity index (χ0) is 23.2. The summed E-state index contributed by atoms with van der Waals surface area (Å²) in [6.45, 7) is 5.49. The summed E-state index contributed by atoms with van der Waals surface area (Å²) >= 11 is 0. The van der Waals surface area contributed by atoms with Crippen molar-refractivity contribution < 1.29 is 27.1 Å². The van der Waals surface area contributed by atoms with Gasteiger partial charge in [-0.15, -0.1) is 0 Å². The molecular formula is C22H24FN3O5S. The highest BCUT2D eigenvalue weighted by atomic mass is 32.2. The van der Waals surface area contributed by atoms with Crippen LogP contribution in [0.1, 0.15) is 28.4 Å². The van der Waals surface area contributed by atoms with Crippen LogP contribution in [0, 0.1) is 19.7 Å². The second-order valence-electron chi connectivity index (χ2n) is 8.02. The van der Waals surface area contributed by atoms with E-state index >= 15 is 0 Å². The number of anilines is 1. The molecule has 0 aliphatic carbocycles. The second kappa shape index (κ2) is 8.18. The van der Waals surface area contributed by atoms with Crippen molar-refractivity contribution in [3.05, 3.63) is 52.8 Å². The molecule has 2 aliphatic rings. The second-order valence-corrected chi connectivity index (χ2v) is 9.93. The number of fused-ring (bicyclic) bond motifs is 1. The first kappa shape index (κ1) is 22.2. The molecule has 1 atom stereocenters. The quantitative estimate of drug-likeness (QED) is 0.757. The summed E-state index contributed by atoms with van der Waals surface area (Å²) in [5, 5.41) is 2.71. The molecule has 4 rings (SSSR count). The number of halogens is 1. The van der Waals surface area contributed by atoms with E-state index in [2.05, 4.69) is 5.32 Å². The highest BCUT2D eigenvalue weighted by molar-refractivity contribution is 7.89. The van der Waals surface area contributed by atoms with Gasteiger partial charge in [0.15, 0.2) is 6.10 Å². The lowest BCUT2D eigenvalue weighted by atomic mass is 10.1. The Morgan fingerprint density at radius 2 is 1.78 bits per heavy atom. The molecular weight excluding hydrogens is 437 g/mol. The molecule has 2 aromatic carbocycles. The first-order valence-electron chi connectivity index (χ1n) is 10.3. The summed E-state index contributed by atoms with van der Waals surface area (Å²) in [5.74, 6) is -0.769. The van der Waals surface area contributed by atoms with Crippen molar-refractivity contribution in [3.8, 4) is 5.75 Å². The number of sulfonamides is 1. The Kier molecular flexibility index (Phi) is 5.68. The molecule has 1 N–H and O–H groups in total. The van der Waals surface area contributed by atoms with Crippen molar-refractivity contribution >= 4 is 27.5 Å². The van der Waals surface area contributed by atoms with Crippen LogP contribution in [0.15, 0.2) is 35.2 Å². The highest BCUT2D eigenvalue weighted by Crippen LogP contribution is 2.35. The number of hydrogen-bond donors (Lipinski definition) is 1. The van der Waals surface area contributed by atoms with Crippen LogP contribution < -0.4 is 10.1 Å². The van der Waals surface area contributed by atoms with Crippen LogP contribution in [0.3, 0.4) is 0 Å². The third-order valence-corrected chi connectivity index (χ3v) is 7.81. The SMILES string of the molecule is Cc1ccc(C(=O)N2CCN(S(=O)(=O)c3cc4c(cc3C)NC(=O)[C@H](C)O4)CC2)cc1F. The van der Waals surface area contributed by atoms with Gasteiger partial charge in [-0.1, -0.05) is 6.07 Å². The molecule has 0 radical (unpaired) electrons. The topological polar surface area (TPSA) is 96.0 Å². The van der Waals surface area contributed by atoms with Crippen molar-refractivity contribution in [2.45, 2.75) is 31.8 Å². The predicted octanol–water partition coefficient (Wildman–Crippen LogP) is 2.31. The largest absolute Gasteiger partial charge is 0.479 e. The van der Waals surface area contributed by atoms with Gasteiger partial charge in [-0.2, -0.15) is 4.31 Å². The number of nitrogens with zero attached hydrogens (tertiary/aromatic N) is 2. The van der Waals surface area contributed by atoms with Gasteiger partial charge in [-0.25, -0.2) is 12.8 Å². The average Bonchev–Trinajstić information content (AvgIpc) is 2.76. The Bertz CT molecular complexity index is 1210. The minimum absolute atomic E-state index is 0.0972. The Hall–Kier alpha value is -2.98. The van der Waals surface area contributed by atoms with Gasteiger partial charge >= 0.3 is 0 Å². The molecule has 2 amide bonds. The van der Waals surface area contributed by atoms with Gasteiger partial charge in [0.25, 0.3) is 11.8 Å². The fourth-order valence-electron chi connectivity index (χ4n) is 3.80. The molecule has 10 heteroatoms. The van der Waals surface area contributed by atoms with Crippen LogP contribution in [0.2, 0.25) is 0 Å². The van der Waals surface area contributed by atoms with E-state index in [1.54, 1.807) is 39.0 Å². The van der Waals surface area contributed by atoms with Gasteiger partial charge < -0.3 is 15.0 Å². The lowest BCUT2D eigenvalue weighted by molar-refractivity contribution is -0.122. The molecule has 8 nitrogen and oxygen atoms in total. The summed E-state index contributed by atoms with van der Waals surface area (Å²) < 4.78 is 47.3. The molecule has 1 fully saturated rings. The van der Waals surface area contributed by atoms with Crippen molar-refractivity contribution in [2.24, 2.45) is 0 Å². The van der Waals surface area contributed by atoms with Gasteiger partial charge in [0, 0.05) is 37.8 Å². The molecule has 2 aliphatic heterocycles. The van der Waals surface area contributed by atoms with Gasteiger partial charge in [0.2, 0.25) is 10.0 Å². The van der Waals surface area contributed by atoms with Gasteiger partial charge in [-0.05, 0) is 50.1 Å². The normalized spacial score (nSPS) is 19.2. The summed E-state index contributed by atoms with van der Waals surface area (Å²) in [6, 6.07) is 7.34. The first-order valence-corrected chi connectivity index (χ1v) is 11.7. The molecule has 170 valence electrons. The van der Waals surface area contributed by atoms with Gasteiger partial charge in [0.05, 0.1) is 10.6 Å². The van der Waals surface area contributed by atoms with Crippen LogP contribution in [0.5, 0.6) is 5.75 Å². The standard InChI is InChI=1S/C22H24FN3O5S/c1-13-4-5-16(11-17(13)23)22(28)25-6-8-26(9-7-25)32(29,30)20-12-19-18(10-14(20)2)24-21(27)15(3)31-19/h4-5,10-12,15H,6-9H2,1-3H3,(H,24,27)/t15-/m0/s1. The van der Waals surface area contributed by atoms with E-state index < -0.39 is 21.9 Å². The minimum atomic E-state index is -3.84. The first-order chi connectivity index (χ1) is 15.1. The number of aryl methyl sites for hydroxylation is 2. The smallest absolute Gasteiger partial charge is 0.265 e. The maximum Gasteiger partial charge on any atom is 0.265 e. The Morgan fingerprint density at radius 1 is 1.09 bits per heavy atom. The van der Waals surface area contributed by atoms with Gasteiger partial charge in [-0.3, -0.25) is 9.59 Å². The lowest BCUT2D eigenvalue weighted by Gasteiger charge is -2.34. The van der Waals surface area contributed by atoms with E-state index in [9.17, 15) is 22.4 Å². The lowest BCUT2D eigenvalue weighted by Crippen LogP contribution is -2.50. The summed E-state index contributed by atoms with van der Waals surface area (Å²) in [6.07, 6.45) is -0.720. The van der Waals surface area contributed by atoms with Crippen LogP contribution in [0.4, 0.5) is 10.1 Å². The van der Waals surface area contributed by atoms with Crippen LogP contribution in [-0.4, -0.2) is 61.7 Å². The third-order valence-electron chi connectivity index (χ3n) is 5.77. The van der Waals surface area contributed by atoms with Crippen LogP contribution in [-0.2, 0) is 14.8 Å². The number of carbonyl (C=O) groups is 2. The highest BCUT2D eigenvalue weighted by Gasteiger charge is 2.33. The maximum atomic E-state index is 13.8. The van der Waals surface area contributed by atoms with E-state index in [1.807, 2.05) is 0 Å². The third kappa shape index (κ3) is 3.95. The number of carbonyl (C=O) groups excluding carboxylic acids is 2. The summed E-state index contributed by atoms with van der Waals surface area (Å²) in [7, 11) is -3.84. The van der Waals surface area contributed by atoms with Crippen molar-refractivity contribution in [1.29, 1.82) is 0 Å². The number of amides is 2. The Morgan fingerprint density at radius 3 is 2.44 bits per heavy atom. The number of piperazine rings is 1. The van der Waals surface area contributed by atoms with Gasteiger partial charge in [0.1, 0.15) is 11.6 Å². The average molecular weight is 462 g/mol. The van der Waals surface area contributed by atoms with E-state index in [0.717, 1.165) is 0 Å². The van der Waals surface area contributed by atoms with E-state index in [4.69, 9.17) is 4.74 Å². The summed E-state index contributed by atoms with van der Waals surface area (Å²) in [4.78, 5) is 26.1. The number of benzene rings is 2. The minimum Gasteiger partial charge on any atom is -0.479 e. The van der Waals surface area contributed by atoms with Crippen molar-refractivity contribution in [2.75, 3.05) is 31.5 Å². The summed E-state index contributed by atoms with van der Waals surface area (Å²) in [5.41, 5.74) is 1.61. The number of hydrogen-bond acceptors (Lipinski definition) is 5. The molecule has 0 saturated carbocycles. The zero-order valence-electron chi connectivity index (χ0n) is 18.0. The molecule has 1 saturated heterocycles. The number of nitrogens with one attached hydrogen (secondary N) is 1. The molecule has 2 aromatic rings. The van der Waals surface area contributed by atoms with Crippen LogP contribution in [0.25, 0.3) is 0 Å². The van der Waals surface area contributed by atoms with Crippen molar-refractivity contribution in [1.82, 2.24) is 9.21 Å². The van der Waals surface area contributed by atoms with Crippen LogP contribution >= 0.6 is 0 Å². The zero-order valence-corrected chi connectivity index (χ0v) is 18.8. The Labute approximate surface area is 186 Å².